The number of fused-ring (bicyclic) bond motifs is 2. The van der Waals surface area contributed by atoms with E-state index in [0.29, 0.717) is 22.3 Å². The van der Waals surface area contributed by atoms with Crippen LogP contribution in [0.15, 0.2) is 58.3 Å². The molecule has 15 heteroatoms. The van der Waals surface area contributed by atoms with E-state index >= 15 is 0 Å². The van der Waals surface area contributed by atoms with Gasteiger partial charge in [0.1, 0.15) is 13.1 Å². The van der Waals surface area contributed by atoms with E-state index in [4.69, 9.17) is 20.3 Å². The lowest BCUT2D eigenvalue weighted by Gasteiger charge is -2.33. The van der Waals surface area contributed by atoms with Crippen LogP contribution in [0.25, 0.3) is 0 Å². The Labute approximate surface area is 333 Å². The molecule has 2 aromatic rings. The van der Waals surface area contributed by atoms with Crippen molar-refractivity contribution in [2.45, 2.75) is 125 Å². The molecular formula is C40H58N4O9S2. The van der Waals surface area contributed by atoms with Crippen LogP contribution in [-0.4, -0.2) is 89.6 Å². The first-order valence-corrected chi connectivity index (χ1v) is 20.0. The van der Waals surface area contributed by atoms with Gasteiger partial charge in [0, 0.05) is 21.9 Å². The molecule has 2 aliphatic heterocycles. The van der Waals surface area contributed by atoms with E-state index in [1.54, 1.807) is 44.2 Å². The Morgan fingerprint density at radius 1 is 0.709 bits per heavy atom. The molecule has 2 fully saturated rings. The highest BCUT2D eigenvalue weighted by Crippen LogP contribution is 2.40. The molecule has 304 valence electrons. The van der Waals surface area contributed by atoms with Gasteiger partial charge in [0.15, 0.2) is 10.5 Å². The molecule has 0 bridgehead atoms. The maximum Gasteiger partial charge on any atom is 0.329 e. The number of hydrogen-bond acceptors (Lipinski definition) is 11. The maximum absolute atomic E-state index is 12.9. The monoisotopic (exact) mass is 802 g/mol. The first kappa shape index (κ1) is 47.1. The molecule has 13 nitrogen and oxygen atoms in total. The van der Waals surface area contributed by atoms with Gasteiger partial charge >= 0.3 is 17.9 Å². The van der Waals surface area contributed by atoms with Gasteiger partial charge in [-0.15, -0.1) is 0 Å². The number of carbonyl (C=O) groups excluding carboxylic acids is 5. The third-order valence-corrected chi connectivity index (χ3v) is 11.5. The van der Waals surface area contributed by atoms with Gasteiger partial charge in [-0.25, -0.2) is 0 Å². The molecule has 2 aromatic carbocycles. The van der Waals surface area contributed by atoms with E-state index < -0.39 is 46.8 Å². The summed E-state index contributed by atoms with van der Waals surface area (Å²) in [6.45, 7) is 3.18. The number of carboxylic acid groups (broad SMARTS) is 1. The second-order valence-corrected chi connectivity index (χ2v) is 15.3. The number of esters is 2. The number of benzene rings is 2. The molecule has 0 saturated heterocycles. The average molecular weight is 803 g/mol. The predicted molar refractivity (Wildman–Crippen MR) is 217 cm³/mol. The van der Waals surface area contributed by atoms with Crippen LogP contribution in [0.4, 0.5) is 11.4 Å². The molecule has 2 saturated carbocycles. The lowest BCUT2D eigenvalue weighted by atomic mass is 9.95. The molecule has 0 radical (unpaired) electrons. The quantitative estimate of drug-likeness (QED) is 0.193. The SMILES string of the molecule is C.C.CCOC(=O)C1Sc2ccccc2N(CC(=O)NC2CCCCC2)C1=O.CCOC(=O)C1Sc2ccccc2N(CC(=O)O)C1=O.NC1CCCCC1. The van der Waals surface area contributed by atoms with E-state index in [2.05, 4.69) is 5.32 Å². The highest BCUT2D eigenvalue weighted by atomic mass is 32.2. The number of rotatable bonds is 9. The number of nitrogens with one attached hydrogen (secondary N) is 1. The first-order valence-electron chi connectivity index (χ1n) is 18.3. The lowest BCUT2D eigenvalue weighted by molar-refractivity contribution is -0.146. The topological polar surface area (TPSA) is 186 Å². The third-order valence-electron chi connectivity index (χ3n) is 9.00. The smallest absolute Gasteiger partial charge is 0.329 e. The van der Waals surface area contributed by atoms with Crippen molar-refractivity contribution in [3.8, 4) is 0 Å². The normalized spacial score (nSPS) is 19.3. The van der Waals surface area contributed by atoms with Crippen LogP contribution in [0.1, 0.15) is 92.9 Å². The fourth-order valence-corrected chi connectivity index (χ4v) is 8.63. The zero-order valence-corrected chi connectivity index (χ0v) is 32.0. The molecule has 6 rings (SSSR count). The van der Waals surface area contributed by atoms with Crippen LogP contribution in [0, 0.1) is 0 Å². The van der Waals surface area contributed by atoms with Gasteiger partial charge < -0.3 is 30.5 Å². The van der Waals surface area contributed by atoms with E-state index in [0.717, 1.165) is 47.2 Å². The number of amides is 3. The summed E-state index contributed by atoms with van der Waals surface area (Å²) >= 11 is 2.27. The van der Waals surface area contributed by atoms with E-state index in [9.17, 15) is 28.8 Å². The molecule has 2 aliphatic carbocycles. The Morgan fingerprint density at radius 2 is 1.13 bits per heavy atom. The minimum atomic E-state index is -1.14. The average Bonchev–Trinajstić information content (AvgIpc) is 3.15. The largest absolute Gasteiger partial charge is 0.480 e. The fourth-order valence-electron chi connectivity index (χ4n) is 6.43. The fraction of sp³-hybridized carbons (Fsp3) is 0.550. The van der Waals surface area contributed by atoms with Crippen molar-refractivity contribution in [1.29, 1.82) is 0 Å². The van der Waals surface area contributed by atoms with E-state index in [-0.39, 0.29) is 46.6 Å². The Kier molecular flexibility index (Phi) is 20.3. The summed E-state index contributed by atoms with van der Waals surface area (Å²) in [4.78, 5) is 76.5. The van der Waals surface area contributed by atoms with E-state index in [1.807, 2.05) is 18.2 Å². The van der Waals surface area contributed by atoms with Crippen molar-refractivity contribution >= 4 is 70.5 Å². The molecule has 2 unspecified atom stereocenters. The van der Waals surface area contributed by atoms with Crippen molar-refractivity contribution in [2.24, 2.45) is 5.73 Å². The Balaban J connectivity index is 0.000000319. The number of nitrogens with two attached hydrogens (primary N) is 1. The molecule has 3 amide bonds. The minimum absolute atomic E-state index is 0. The molecule has 55 heavy (non-hydrogen) atoms. The number of ether oxygens (including phenoxy) is 2. The van der Waals surface area contributed by atoms with Crippen molar-refractivity contribution in [2.75, 3.05) is 36.1 Å². The minimum Gasteiger partial charge on any atom is -0.480 e. The number of hydrogen-bond donors (Lipinski definition) is 3. The van der Waals surface area contributed by atoms with Gasteiger partial charge in [0.05, 0.1) is 24.6 Å². The van der Waals surface area contributed by atoms with Gasteiger partial charge in [0.25, 0.3) is 11.8 Å². The summed E-state index contributed by atoms with van der Waals surface area (Å²) in [5.41, 5.74) is 6.81. The first-order chi connectivity index (χ1) is 25.5. The van der Waals surface area contributed by atoms with Crippen molar-refractivity contribution in [3.63, 3.8) is 0 Å². The molecule has 2 atom stereocenters. The summed E-state index contributed by atoms with van der Waals surface area (Å²) in [6, 6.07) is 14.9. The molecular weight excluding hydrogens is 745 g/mol. The Morgan fingerprint density at radius 3 is 1.53 bits per heavy atom. The zero-order valence-electron chi connectivity index (χ0n) is 30.3. The third kappa shape index (κ3) is 13.6. The van der Waals surface area contributed by atoms with Crippen LogP contribution in [0.5, 0.6) is 0 Å². The van der Waals surface area contributed by atoms with Crippen LogP contribution in [0.2, 0.25) is 0 Å². The number of para-hydroxylation sites is 2. The number of nitrogens with zero attached hydrogens (tertiary/aromatic N) is 2. The summed E-state index contributed by atoms with van der Waals surface area (Å²) in [5, 5.41) is 9.93. The summed E-state index contributed by atoms with van der Waals surface area (Å²) in [7, 11) is 0. The van der Waals surface area contributed by atoms with Gasteiger partial charge in [-0.3, -0.25) is 33.7 Å². The highest BCUT2D eigenvalue weighted by Gasteiger charge is 2.41. The van der Waals surface area contributed by atoms with Crippen molar-refractivity contribution in [1.82, 2.24) is 5.32 Å². The predicted octanol–water partition coefficient (Wildman–Crippen LogP) is 6.20. The number of aliphatic carboxylic acids is 1. The number of anilines is 2. The standard InChI is InChI=1S/C19H24N2O4S.C13H13NO5S.C6H13N.2CH4/c1-2-25-19(24)17-18(23)21(14-10-6-7-11-15(14)26-17)12-16(22)20-13-8-4-3-5-9-13;1-2-19-13(18)11-12(17)14(7-10(15)16)8-5-3-4-6-9(8)20-11;7-6-4-2-1-3-5-6;;/h6-7,10-11,13,17H,2-5,8-9,12H2,1H3,(H,20,22);3-6,11H,2,7H2,1H3,(H,15,16);6H,1-5,7H2;2*1H4. The maximum atomic E-state index is 12.9. The molecule has 4 aliphatic rings. The summed E-state index contributed by atoms with van der Waals surface area (Å²) < 4.78 is 9.90. The molecule has 2 heterocycles. The van der Waals surface area contributed by atoms with Crippen LogP contribution in [0.3, 0.4) is 0 Å². The Bertz CT molecular complexity index is 1600. The van der Waals surface area contributed by atoms with E-state index in [1.165, 1.54) is 55.2 Å². The number of thioether (sulfide) groups is 2. The van der Waals surface area contributed by atoms with Crippen molar-refractivity contribution < 1.29 is 43.3 Å². The second kappa shape index (κ2) is 23.8. The zero-order chi connectivity index (χ0) is 38.3. The highest BCUT2D eigenvalue weighted by molar-refractivity contribution is 8.02. The number of carbonyl (C=O) groups is 6. The second-order valence-electron chi connectivity index (χ2n) is 13.0. The summed E-state index contributed by atoms with van der Waals surface area (Å²) in [6.07, 6.45) is 12.1. The summed E-state index contributed by atoms with van der Waals surface area (Å²) in [5.74, 6) is -3.49. The van der Waals surface area contributed by atoms with Crippen LogP contribution in [-0.2, 0) is 38.2 Å². The molecule has 4 N–H and O–H groups in total. The Hall–Kier alpha value is -4.08. The van der Waals surface area contributed by atoms with Crippen LogP contribution < -0.4 is 20.9 Å². The number of carboxylic acids is 1. The molecule has 0 aromatic heterocycles. The van der Waals surface area contributed by atoms with Crippen molar-refractivity contribution in [3.05, 3.63) is 48.5 Å². The lowest BCUT2D eigenvalue weighted by Crippen LogP contribution is -2.50. The van der Waals surface area contributed by atoms with Gasteiger partial charge in [-0.1, -0.05) is 101 Å². The molecule has 0 spiro atoms. The van der Waals surface area contributed by atoms with Gasteiger partial charge in [0.2, 0.25) is 5.91 Å². The van der Waals surface area contributed by atoms with Crippen LogP contribution >= 0.6 is 23.5 Å². The van der Waals surface area contributed by atoms with Gasteiger partial charge in [-0.2, -0.15) is 0 Å². The van der Waals surface area contributed by atoms with Gasteiger partial charge in [-0.05, 0) is 63.8 Å².